The highest BCUT2D eigenvalue weighted by atomic mass is 79.9. The molecule has 1 aliphatic rings. The van der Waals surface area contributed by atoms with Gasteiger partial charge in [-0.1, -0.05) is 22.0 Å². The third-order valence-corrected chi connectivity index (χ3v) is 3.86. The van der Waals surface area contributed by atoms with Crippen LogP contribution in [0.25, 0.3) is 0 Å². The lowest BCUT2D eigenvalue weighted by atomic mass is 10.1. The van der Waals surface area contributed by atoms with Gasteiger partial charge in [-0.15, -0.1) is 0 Å². The van der Waals surface area contributed by atoms with Crippen molar-refractivity contribution in [2.45, 2.75) is 13.0 Å². The summed E-state index contributed by atoms with van der Waals surface area (Å²) in [6, 6.07) is 13.7. The van der Waals surface area contributed by atoms with Gasteiger partial charge in [-0.05, 0) is 42.8 Å². The maximum atomic E-state index is 9.21. The lowest BCUT2D eigenvalue weighted by Gasteiger charge is -2.17. The molecule has 0 spiro atoms. The number of nitrogens with zero attached hydrogens (tertiary/aromatic N) is 1. The average Bonchev–Trinajstić information content (AvgIpc) is 2.96. The minimum atomic E-state index is 0.0489. The summed E-state index contributed by atoms with van der Waals surface area (Å²) in [6.45, 7) is 2.31. The average molecular weight is 345 g/mol. The molecule has 2 aromatic rings. The molecule has 0 saturated carbocycles. The minimum absolute atomic E-state index is 0.0489. The van der Waals surface area contributed by atoms with E-state index in [1.807, 2.05) is 37.3 Å². The van der Waals surface area contributed by atoms with Gasteiger partial charge in [0.15, 0.2) is 11.5 Å². The lowest BCUT2D eigenvalue weighted by molar-refractivity contribution is 0.174. The predicted octanol–water partition coefficient (Wildman–Crippen LogP) is 4.22. The molecule has 0 saturated heterocycles. The molecule has 2 aromatic carbocycles. The van der Waals surface area contributed by atoms with E-state index in [-0.39, 0.29) is 12.8 Å². The van der Waals surface area contributed by atoms with Gasteiger partial charge < -0.3 is 14.8 Å². The van der Waals surface area contributed by atoms with Gasteiger partial charge in [0.05, 0.1) is 11.3 Å². The second-order valence-corrected chi connectivity index (χ2v) is 5.70. The maximum absolute atomic E-state index is 9.21. The van der Waals surface area contributed by atoms with E-state index in [4.69, 9.17) is 9.47 Å². The minimum Gasteiger partial charge on any atom is -0.454 e. The van der Waals surface area contributed by atoms with Crippen molar-refractivity contribution >= 4 is 21.6 Å². The van der Waals surface area contributed by atoms with Crippen LogP contribution in [0.15, 0.2) is 40.9 Å². The van der Waals surface area contributed by atoms with Gasteiger partial charge in [-0.2, -0.15) is 5.26 Å². The van der Waals surface area contributed by atoms with Crippen molar-refractivity contribution < 1.29 is 9.47 Å². The Morgan fingerprint density at radius 3 is 2.81 bits per heavy atom. The predicted molar refractivity (Wildman–Crippen MR) is 83.5 cm³/mol. The van der Waals surface area contributed by atoms with E-state index in [1.165, 1.54) is 0 Å². The Labute approximate surface area is 131 Å². The van der Waals surface area contributed by atoms with Crippen molar-refractivity contribution in [2.75, 3.05) is 12.1 Å². The number of anilines is 1. The largest absolute Gasteiger partial charge is 0.454 e. The van der Waals surface area contributed by atoms with Crippen molar-refractivity contribution in [3.63, 3.8) is 0 Å². The number of halogens is 1. The van der Waals surface area contributed by atoms with Crippen molar-refractivity contribution in [3.8, 4) is 17.6 Å². The molecule has 21 heavy (non-hydrogen) atoms. The summed E-state index contributed by atoms with van der Waals surface area (Å²) in [4.78, 5) is 0. The van der Waals surface area contributed by atoms with Crippen LogP contribution in [0.1, 0.15) is 24.1 Å². The first kappa shape index (κ1) is 13.8. The number of ether oxygens (including phenoxy) is 2. The standard InChI is InChI=1S/C16H13BrN2O2/c1-10(11-2-5-15-16(7-11)21-9-20-15)19-14-4-3-13(17)6-12(14)8-18/h2-7,10,19H,9H2,1H3. The zero-order chi connectivity index (χ0) is 14.8. The molecule has 4 nitrogen and oxygen atoms in total. The molecule has 0 bridgehead atoms. The third kappa shape index (κ3) is 2.81. The number of benzene rings is 2. The number of nitrogens with one attached hydrogen (secondary N) is 1. The van der Waals surface area contributed by atoms with Crippen LogP contribution < -0.4 is 14.8 Å². The van der Waals surface area contributed by atoms with Gasteiger partial charge in [0.25, 0.3) is 0 Å². The summed E-state index contributed by atoms with van der Waals surface area (Å²) in [6.07, 6.45) is 0. The summed E-state index contributed by atoms with van der Waals surface area (Å²) in [7, 11) is 0. The molecule has 0 aliphatic carbocycles. The fourth-order valence-corrected chi connectivity index (χ4v) is 2.59. The smallest absolute Gasteiger partial charge is 0.231 e. The third-order valence-electron chi connectivity index (χ3n) is 3.37. The number of nitriles is 1. The van der Waals surface area contributed by atoms with E-state index in [0.717, 1.165) is 27.2 Å². The number of hydrogen-bond acceptors (Lipinski definition) is 4. The molecule has 1 aliphatic heterocycles. The molecule has 1 heterocycles. The van der Waals surface area contributed by atoms with Crippen LogP contribution in [0.3, 0.4) is 0 Å². The summed E-state index contributed by atoms with van der Waals surface area (Å²) in [5.74, 6) is 1.53. The lowest BCUT2D eigenvalue weighted by Crippen LogP contribution is -2.07. The Morgan fingerprint density at radius 2 is 2.00 bits per heavy atom. The summed E-state index contributed by atoms with van der Waals surface area (Å²) >= 11 is 3.37. The first-order valence-electron chi connectivity index (χ1n) is 6.53. The van der Waals surface area contributed by atoms with Crippen LogP contribution in [-0.2, 0) is 0 Å². The zero-order valence-electron chi connectivity index (χ0n) is 11.4. The maximum Gasteiger partial charge on any atom is 0.231 e. The van der Waals surface area contributed by atoms with Crippen LogP contribution in [0, 0.1) is 11.3 Å². The van der Waals surface area contributed by atoms with Crippen LogP contribution in [-0.4, -0.2) is 6.79 Å². The molecule has 0 aromatic heterocycles. The monoisotopic (exact) mass is 344 g/mol. The second kappa shape index (κ2) is 5.66. The van der Waals surface area contributed by atoms with E-state index >= 15 is 0 Å². The fraction of sp³-hybridized carbons (Fsp3) is 0.188. The van der Waals surface area contributed by atoms with Crippen LogP contribution >= 0.6 is 15.9 Å². The van der Waals surface area contributed by atoms with Crippen molar-refractivity contribution in [1.29, 1.82) is 5.26 Å². The van der Waals surface area contributed by atoms with E-state index in [0.29, 0.717) is 5.56 Å². The Morgan fingerprint density at radius 1 is 1.19 bits per heavy atom. The summed E-state index contributed by atoms with van der Waals surface area (Å²) < 4.78 is 11.6. The van der Waals surface area contributed by atoms with E-state index in [2.05, 4.69) is 27.3 Å². The Balaban J connectivity index is 1.84. The van der Waals surface area contributed by atoms with Gasteiger partial charge in [0.2, 0.25) is 6.79 Å². The van der Waals surface area contributed by atoms with Crippen molar-refractivity contribution in [2.24, 2.45) is 0 Å². The number of hydrogen-bond donors (Lipinski definition) is 1. The molecule has 1 atom stereocenters. The normalized spacial score (nSPS) is 13.6. The molecule has 5 heteroatoms. The number of fused-ring (bicyclic) bond motifs is 1. The van der Waals surface area contributed by atoms with Gasteiger partial charge in [-0.3, -0.25) is 0 Å². The molecular weight excluding hydrogens is 332 g/mol. The quantitative estimate of drug-likeness (QED) is 0.905. The highest BCUT2D eigenvalue weighted by Crippen LogP contribution is 2.35. The van der Waals surface area contributed by atoms with Gasteiger partial charge in [-0.25, -0.2) is 0 Å². The molecule has 0 radical (unpaired) electrons. The summed E-state index contributed by atoms with van der Waals surface area (Å²) in [5, 5.41) is 12.6. The highest BCUT2D eigenvalue weighted by Gasteiger charge is 2.16. The molecule has 3 rings (SSSR count). The topological polar surface area (TPSA) is 54.3 Å². The Hall–Kier alpha value is -2.19. The van der Waals surface area contributed by atoms with Crippen LogP contribution in [0.2, 0.25) is 0 Å². The SMILES string of the molecule is CC(Nc1ccc(Br)cc1C#N)c1ccc2c(c1)OCO2. The van der Waals surface area contributed by atoms with Crippen LogP contribution in [0.4, 0.5) is 5.69 Å². The first-order chi connectivity index (χ1) is 10.2. The first-order valence-corrected chi connectivity index (χ1v) is 7.32. The Kier molecular flexibility index (Phi) is 3.72. The van der Waals surface area contributed by atoms with Crippen molar-refractivity contribution in [3.05, 3.63) is 52.0 Å². The molecular formula is C16H13BrN2O2. The molecule has 0 fully saturated rings. The summed E-state index contributed by atoms with van der Waals surface area (Å²) in [5.41, 5.74) is 2.49. The second-order valence-electron chi connectivity index (χ2n) is 4.78. The van der Waals surface area contributed by atoms with E-state index in [9.17, 15) is 5.26 Å². The molecule has 1 N–H and O–H groups in total. The molecule has 1 unspecified atom stereocenters. The van der Waals surface area contributed by atoms with Crippen LogP contribution in [0.5, 0.6) is 11.5 Å². The highest BCUT2D eigenvalue weighted by molar-refractivity contribution is 9.10. The number of rotatable bonds is 3. The fourth-order valence-electron chi connectivity index (χ4n) is 2.23. The van der Waals surface area contributed by atoms with E-state index in [1.54, 1.807) is 6.07 Å². The zero-order valence-corrected chi connectivity index (χ0v) is 13.0. The van der Waals surface area contributed by atoms with E-state index < -0.39 is 0 Å². The molecule has 106 valence electrons. The molecule has 0 amide bonds. The van der Waals surface area contributed by atoms with Crippen molar-refractivity contribution in [1.82, 2.24) is 0 Å². The Bertz CT molecular complexity index is 725. The van der Waals surface area contributed by atoms with Gasteiger partial charge >= 0.3 is 0 Å². The van der Waals surface area contributed by atoms with Gasteiger partial charge in [0.1, 0.15) is 6.07 Å². The van der Waals surface area contributed by atoms with Gasteiger partial charge in [0, 0.05) is 10.5 Å².